The molecule has 0 aliphatic carbocycles. The van der Waals surface area contributed by atoms with Crippen LogP contribution in [0.5, 0.6) is 0 Å². The zero-order chi connectivity index (χ0) is 19.6. The Labute approximate surface area is 173 Å². The third kappa shape index (κ3) is 3.49. The number of nitrogens with zero attached hydrogens (tertiary/aromatic N) is 5. The number of hydrogen-bond donors (Lipinski definition) is 0. The second-order valence-corrected chi connectivity index (χ2v) is 7.98. The topological polar surface area (TPSA) is 54.3 Å². The number of carbonyl (C=O) groups excluding carboxylic acids is 1. The molecule has 1 fully saturated rings. The number of anilines is 1. The molecule has 0 saturated carbocycles. The molecular formula is C22H21N5OS. The zero-order valence-corrected chi connectivity index (χ0v) is 16.8. The molecule has 1 saturated heterocycles. The van der Waals surface area contributed by atoms with Gasteiger partial charge in [0.05, 0.1) is 11.0 Å². The van der Waals surface area contributed by atoms with Crippen LogP contribution >= 0.6 is 11.5 Å². The minimum atomic E-state index is 0.100. The second kappa shape index (κ2) is 7.67. The Balaban J connectivity index is 1.31. The van der Waals surface area contributed by atoms with Crippen molar-refractivity contribution in [2.45, 2.75) is 6.54 Å². The highest BCUT2D eigenvalue weighted by atomic mass is 32.1. The van der Waals surface area contributed by atoms with Gasteiger partial charge in [0.2, 0.25) is 0 Å². The minimum absolute atomic E-state index is 0.100. The van der Waals surface area contributed by atoms with Crippen LogP contribution < -0.4 is 4.90 Å². The molecule has 1 aliphatic rings. The number of amides is 1. The van der Waals surface area contributed by atoms with Crippen LogP contribution in [-0.2, 0) is 6.54 Å². The van der Waals surface area contributed by atoms with Crippen molar-refractivity contribution >= 4 is 33.3 Å². The van der Waals surface area contributed by atoms with Gasteiger partial charge in [-0.15, -0.1) is 0 Å². The molecule has 4 aromatic rings. The number of fused-ring (bicyclic) bond motifs is 1. The molecule has 29 heavy (non-hydrogen) atoms. The fourth-order valence-electron chi connectivity index (χ4n) is 3.84. The maximum absolute atomic E-state index is 13.2. The summed E-state index contributed by atoms with van der Waals surface area (Å²) in [6.07, 6.45) is 5.45. The molecule has 7 heteroatoms. The maximum Gasteiger partial charge on any atom is 0.254 e. The van der Waals surface area contributed by atoms with Crippen molar-refractivity contribution in [2.75, 3.05) is 31.1 Å². The van der Waals surface area contributed by atoms with Crippen LogP contribution in [0.15, 0.2) is 67.3 Å². The summed E-state index contributed by atoms with van der Waals surface area (Å²) in [4.78, 5) is 21.6. The lowest BCUT2D eigenvalue weighted by molar-refractivity contribution is 0.0745. The van der Waals surface area contributed by atoms with E-state index >= 15 is 0 Å². The second-order valence-electron chi connectivity index (χ2n) is 7.17. The van der Waals surface area contributed by atoms with Crippen LogP contribution in [0.1, 0.15) is 15.9 Å². The van der Waals surface area contributed by atoms with Crippen LogP contribution in [0.25, 0.3) is 10.1 Å². The van der Waals surface area contributed by atoms with E-state index in [0.717, 1.165) is 30.0 Å². The van der Waals surface area contributed by atoms with E-state index in [2.05, 4.69) is 32.5 Å². The lowest BCUT2D eigenvalue weighted by Gasteiger charge is -2.35. The fourth-order valence-corrected chi connectivity index (χ4v) is 4.63. The molecule has 0 radical (unpaired) electrons. The number of piperazine rings is 1. The van der Waals surface area contributed by atoms with Crippen molar-refractivity contribution in [3.63, 3.8) is 0 Å². The first kappa shape index (κ1) is 17.9. The molecule has 0 atom stereocenters. The molecule has 0 N–H and O–H groups in total. The number of imidazole rings is 1. The molecule has 1 amide bonds. The third-order valence-electron chi connectivity index (χ3n) is 5.38. The summed E-state index contributed by atoms with van der Waals surface area (Å²) in [6.45, 7) is 3.63. The van der Waals surface area contributed by atoms with Gasteiger partial charge in [0.15, 0.2) is 0 Å². The normalized spacial score (nSPS) is 14.5. The highest BCUT2D eigenvalue weighted by Gasteiger charge is 2.25. The highest BCUT2D eigenvalue weighted by molar-refractivity contribution is 7.13. The lowest BCUT2D eigenvalue weighted by atomic mass is 10.1. The van der Waals surface area contributed by atoms with Gasteiger partial charge in [-0.3, -0.25) is 4.79 Å². The quantitative estimate of drug-likeness (QED) is 0.523. The molecule has 3 heterocycles. The largest absolute Gasteiger partial charge is 0.352 e. The molecule has 5 rings (SSSR count). The van der Waals surface area contributed by atoms with Crippen molar-refractivity contribution in [3.05, 3.63) is 78.4 Å². The molecule has 2 aromatic heterocycles. The van der Waals surface area contributed by atoms with E-state index in [-0.39, 0.29) is 5.91 Å². The fraction of sp³-hybridized carbons (Fsp3) is 0.227. The van der Waals surface area contributed by atoms with E-state index in [1.807, 2.05) is 46.0 Å². The Morgan fingerprint density at radius 1 is 1.00 bits per heavy atom. The minimum Gasteiger partial charge on any atom is -0.352 e. The van der Waals surface area contributed by atoms with Gasteiger partial charge < -0.3 is 14.4 Å². The molecule has 0 bridgehead atoms. The molecule has 1 aliphatic heterocycles. The predicted molar refractivity (Wildman–Crippen MR) is 116 cm³/mol. The summed E-state index contributed by atoms with van der Waals surface area (Å²) in [6, 6.07) is 16.2. The van der Waals surface area contributed by atoms with Gasteiger partial charge in [-0.05, 0) is 35.3 Å². The molecule has 2 aromatic carbocycles. The van der Waals surface area contributed by atoms with Gasteiger partial charge in [-0.2, -0.15) is 4.37 Å². The Hall–Kier alpha value is -3.19. The van der Waals surface area contributed by atoms with Crippen molar-refractivity contribution < 1.29 is 4.79 Å². The van der Waals surface area contributed by atoms with Gasteiger partial charge in [-0.25, -0.2) is 4.98 Å². The van der Waals surface area contributed by atoms with E-state index in [9.17, 15) is 4.79 Å². The molecular weight excluding hydrogens is 382 g/mol. The first-order chi connectivity index (χ1) is 14.3. The van der Waals surface area contributed by atoms with E-state index in [0.29, 0.717) is 19.6 Å². The van der Waals surface area contributed by atoms with Gasteiger partial charge in [0.25, 0.3) is 5.91 Å². The van der Waals surface area contributed by atoms with Crippen molar-refractivity contribution in [1.29, 1.82) is 0 Å². The van der Waals surface area contributed by atoms with Crippen molar-refractivity contribution in [1.82, 2.24) is 18.8 Å². The van der Waals surface area contributed by atoms with Crippen molar-refractivity contribution in [2.24, 2.45) is 0 Å². The first-order valence-electron chi connectivity index (χ1n) is 9.72. The van der Waals surface area contributed by atoms with Crippen molar-refractivity contribution in [3.8, 4) is 0 Å². The Morgan fingerprint density at radius 3 is 2.62 bits per heavy atom. The van der Waals surface area contributed by atoms with Gasteiger partial charge in [0.1, 0.15) is 5.82 Å². The predicted octanol–water partition coefficient (Wildman–Crippen LogP) is 3.50. The van der Waals surface area contributed by atoms with E-state index in [1.165, 1.54) is 21.6 Å². The number of hydrogen-bond acceptors (Lipinski definition) is 5. The first-order valence-corrected chi connectivity index (χ1v) is 10.5. The third-order valence-corrected chi connectivity index (χ3v) is 6.20. The van der Waals surface area contributed by atoms with Gasteiger partial charge >= 0.3 is 0 Å². The standard InChI is InChI=1S/C22H21N5OS/c28-22(18-6-2-1-5-17(18)15-25-10-9-23-16-25)27-13-11-26(12-14-27)21-19-7-3-4-8-20(19)29-24-21/h1-10,16H,11-15H2. The molecule has 6 nitrogen and oxygen atoms in total. The average molecular weight is 404 g/mol. The van der Waals surface area contributed by atoms with Crippen LogP contribution in [0.2, 0.25) is 0 Å². The number of benzene rings is 2. The van der Waals surface area contributed by atoms with E-state index < -0.39 is 0 Å². The summed E-state index contributed by atoms with van der Waals surface area (Å²) >= 11 is 1.54. The van der Waals surface area contributed by atoms with Gasteiger partial charge in [-0.1, -0.05) is 30.3 Å². The summed E-state index contributed by atoms with van der Waals surface area (Å²) in [5.41, 5.74) is 1.79. The number of rotatable bonds is 4. The van der Waals surface area contributed by atoms with Crippen LogP contribution in [-0.4, -0.2) is 50.9 Å². The summed E-state index contributed by atoms with van der Waals surface area (Å²) in [7, 11) is 0. The van der Waals surface area contributed by atoms with Crippen LogP contribution in [0.4, 0.5) is 5.82 Å². The Bertz CT molecular complexity index is 1130. The van der Waals surface area contributed by atoms with Crippen LogP contribution in [0.3, 0.4) is 0 Å². The van der Waals surface area contributed by atoms with E-state index in [1.54, 1.807) is 12.5 Å². The molecule has 0 unspecified atom stereocenters. The number of carbonyl (C=O) groups is 1. The highest BCUT2D eigenvalue weighted by Crippen LogP contribution is 2.30. The SMILES string of the molecule is O=C(c1ccccc1Cn1ccnc1)N1CCN(c2nsc3ccccc23)CC1. The average Bonchev–Trinajstić information content (AvgIpc) is 3.44. The van der Waals surface area contributed by atoms with Crippen LogP contribution in [0, 0.1) is 0 Å². The Kier molecular flexibility index (Phi) is 4.73. The molecule has 146 valence electrons. The summed E-state index contributed by atoms with van der Waals surface area (Å²) < 4.78 is 7.85. The summed E-state index contributed by atoms with van der Waals surface area (Å²) in [5.74, 6) is 1.14. The zero-order valence-electron chi connectivity index (χ0n) is 15.9. The smallest absolute Gasteiger partial charge is 0.254 e. The number of aromatic nitrogens is 3. The van der Waals surface area contributed by atoms with E-state index in [4.69, 9.17) is 0 Å². The van der Waals surface area contributed by atoms with Gasteiger partial charge in [0, 0.05) is 56.1 Å². The molecule has 0 spiro atoms. The summed E-state index contributed by atoms with van der Waals surface area (Å²) in [5, 5.41) is 1.20. The maximum atomic E-state index is 13.2. The monoisotopic (exact) mass is 403 g/mol. The Morgan fingerprint density at radius 2 is 1.79 bits per heavy atom. The lowest BCUT2D eigenvalue weighted by Crippen LogP contribution is -2.49.